The molecule has 4 aromatic rings. The molecule has 9 nitrogen and oxygen atoms in total. The Morgan fingerprint density at radius 1 is 1.07 bits per heavy atom. The number of fused-ring (bicyclic) bond motifs is 1. The summed E-state index contributed by atoms with van der Waals surface area (Å²) in [6.07, 6.45) is 8.13. The van der Waals surface area contributed by atoms with Crippen LogP contribution in [0.25, 0.3) is 33.4 Å². The summed E-state index contributed by atoms with van der Waals surface area (Å²) in [5.41, 5.74) is 8.37. The van der Waals surface area contributed by atoms with Gasteiger partial charge in [0.15, 0.2) is 0 Å². The molecule has 9 heteroatoms. The number of nitrogens with one attached hydrogen (secondary N) is 1. The highest BCUT2D eigenvalue weighted by Crippen LogP contribution is 2.30. The van der Waals surface area contributed by atoms with Crippen molar-refractivity contribution >= 4 is 17.5 Å². The largest absolute Gasteiger partial charge is 0.462 e. The van der Waals surface area contributed by atoms with Crippen molar-refractivity contribution in [3.63, 3.8) is 0 Å². The van der Waals surface area contributed by atoms with Gasteiger partial charge >= 0.3 is 0 Å². The van der Waals surface area contributed by atoms with E-state index in [0.29, 0.717) is 12.5 Å². The summed E-state index contributed by atoms with van der Waals surface area (Å²) in [6.45, 7) is 14.8. The summed E-state index contributed by atoms with van der Waals surface area (Å²) >= 11 is 0. The zero-order chi connectivity index (χ0) is 29.5. The smallest absolute Gasteiger partial charge is 0.293 e. The van der Waals surface area contributed by atoms with Gasteiger partial charge in [0.05, 0.1) is 48.4 Å². The van der Waals surface area contributed by atoms with Crippen LogP contribution in [0.1, 0.15) is 50.8 Å². The summed E-state index contributed by atoms with van der Waals surface area (Å²) in [4.78, 5) is 21.9. The molecule has 222 valence electrons. The maximum absolute atomic E-state index is 9.60. The molecule has 0 aliphatic carbocycles. The van der Waals surface area contributed by atoms with Crippen molar-refractivity contribution in [1.29, 1.82) is 0 Å². The molecule has 0 atom stereocenters. The number of morpholine rings is 1. The first-order valence-corrected chi connectivity index (χ1v) is 14.8. The fourth-order valence-electron chi connectivity index (χ4n) is 5.33. The number of carbonyl (C=O) groups excluding carboxylic acids is 1. The van der Waals surface area contributed by atoms with Gasteiger partial charge in [0.2, 0.25) is 0 Å². The fraction of sp³-hybridized carbons (Fsp3) is 0.455. The molecule has 0 saturated carbocycles. The number of carbonyl (C=O) groups is 1. The van der Waals surface area contributed by atoms with Crippen LogP contribution in [0.15, 0.2) is 55.0 Å². The number of benzene rings is 2. The number of aromatic nitrogens is 4. The van der Waals surface area contributed by atoms with Crippen LogP contribution in [0.3, 0.4) is 0 Å². The number of piperidine rings is 1. The van der Waals surface area contributed by atoms with Crippen LogP contribution in [-0.2, 0) is 20.8 Å². The molecule has 2 saturated heterocycles. The van der Waals surface area contributed by atoms with E-state index in [1.165, 1.54) is 16.7 Å². The van der Waals surface area contributed by atoms with Gasteiger partial charge < -0.3 is 14.8 Å². The minimum atomic E-state index is -0.318. The maximum atomic E-state index is 9.60. The van der Waals surface area contributed by atoms with Crippen LogP contribution < -0.4 is 5.32 Å². The number of ether oxygens (including phenoxy) is 2. The van der Waals surface area contributed by atoms with E-state index in [1.54, 1.807) is 0 Å². The average Bonchev–Trinajstić information content (AvgIpc) is 3.49. The van der Waals surface area contributed by atoms with Gasteiger partial charge in [-0.05, 0) is 76.4 Å². The number of nitrogens with zero attached hydrogens (tertiary/aromatic N) is 5. The van der Waals surface area contributed by atoms with Gasteiger partial charge in [-0.2, -0.15) is 5.10 Å². The van der Waals surface area contributed by atoms with E-state index < -0.39 is 0 Å². The Kier molecular flexibility index (Phi) is 9.62. The highest BCUT2D eigenvalue weighted by Gasteiger charge is 2.18. The zero-order valence-electron chi connectivity index (χ0n) is 25.2. The van der Waals surface area contributed by atoms with E-state index >= 15 is 0 Å². The molecule has 0 bridgehead atoms. The lowest BCUT2D eigenvalue weighted by molar-refractivity contribution is -0.138. The van der Waals surface area contributed by atoms with E-state index in [4.69, 9.17) is 14.7 Å². The molecule has 0 radical (unpaired) electrons. The highest BCUT2D eigenvalue weighted by molar-refractivity contribution is 5.92. The predicted molar refractivity (Wildman–Crippen MR) is 165 cm³/mol. The van der Waals surface area contributed by atoms with Crippen molar-refractivity contribution in [3.05, 3.63) is 66.1 Å². The first-order chi connectivity index (χ1) is 20.3. The van der Waals surface area contributed by atoms with Crippen molar-refractivity contribution in [1.82, 2.24) is 30.0 Å². The monoisotopic (exact) mass is 570 g/mol. The van der Waals surface area contributed by atoms with E-state index in [-0.39, 0.29) is 5.60 Å². The molecule has 1 N–H and O–H groups in total. The lowest BCUT2D eigenvalue weighted by atomic mass is 9.98. The molecular weight excluding hydrogens is 528 g/mol. The van der Waals surface area contributed by atoms with Gasteiger partial charge in [-0.25, -0.2) is 4.98 Å². The topological polar surface area (TPSA) is 94.4 Å². The molecule has 0 unspecified atom stereocenters. The lowest BCUT2D eigenvalue weighted by Crippen LogP contribution is -2.35. The SMILES string of the molecule is CC(C)(C)OC=O.Cc1cc(-c2cccc3ncc(-c4cnn(C5CCNCC5)c4)nc23)ccc1CN1CCOCC1. The van der Waals surface area contributed by atoms with Crippen molar-refractivity contribution in [2.75, 3.05) is 39.4 Å². The molecule has 0 spiro atoms. The summed E-state index contributed by atoms with van der Waals surface area (Å²) in [5.74, 6) is 0. The van der Waals surface area contributed by atoms with E-state index in [1.807, 2.05) is 39.2 Å². The molecule has 0 amide bonds. The minimum Gasteiger partial charge on any atom is -0.462 e. The van der Waals surface area contributed by atoms with Gasteiger partial charge in [0.1, 0.15) is 5.60 Å². The van der Waals surface area contributed by atoms with E-state index in [2.05, 4.69) is 68.2 Å². The second-order valence-corrected chi connectivity index (χ2v) is 12.0. The Labute approximate surface area is 248 Å². The second-order valence-electron chi connectivity index (χ2n) is 12.0. The molecule has 42 heavy (non-hydrogen) atoms. The quantitative estimate of drug-likeness (QED) is 0.317. The normalized spacial score (nSPS) is 16.6. The number of aryl methyl sites for hydroxylation is 1. The van der Waals surface area contributed by atoms with E-state index in [9.17, 15) is 4.79 Å². The van der Waals surface area contributed by atoms with Gasteiger partial charge in [-0.15, -0.1) is 0 Å². The second kappa shape index (κ2) is 13.5. The number of hydrogen-bond acceptors (Lipinski definition) is 8. The van der Waals surface area contributed by atoms with Crippen LogP contribution in [0, 0.1) is 6.92 Å². The lowest BCUT2D eigenvalue weighted by Gasteiger charge is -2.27. The van der Waals surface area contributed by atoms with Crippen molar-refractivity contribution < 1.29 is 14.3 Å². The molecule has 2 aromatic carbocycles. The number of hydrogen-bond donors (Lipinski definition) is 1. The van der Waals surface area contributed by atoms with Crippen molar-refractivity contribution in [2.24, 2.45) is 0 Å². The first-order valence-electron chi connectivity index (χ1n) is 14.8. The van der Waals surface area contributed by atoms with Crippen molar-refractivity contribution in [3.8, 4) is 22.4 Å². The standard InChI is InChI=1S/C28H32N6O.C5H10O2/c1-20-15-21(5-6-22(20)18-33-11-13-35-14-12-33)25-3-2-4-26-28(25)32-27(17-30-26)23-16-31-34(19-23)24-7-9-29-10-8-24;1-5(2,3)7-4-6/h2-6,15-17,19,24,29H,7-14,18H2,1H3;4H,1-3H3. The summed E-state index contributed by atoms with van der Waals surface area (Å²) in [6, 6.07) is 13.5. The van der Waals surface area contributed by atoms with Gasteiger partial charge in [-0.1, -0.05) is 30.3 Å². The molecule has 4 heterocycles. The molecule has 2 aromatic heterocycles. The van der Waals surface area contributed by atoms with Crippen LogP contribution in [0.4, 0.5) is 0 Å². The summed E-state index contributed by atoms with van der Waals surface area (Å²) in [5, 5.41) is 8.08. The molecule has 2 aliphatic rings. The highest BCUT2D eigenvalue weighted by atomic mass is 16.5. The van der Waals surface area contributed by atoms with Gasteiger partial charge in [0.25, 0.3) is 6.47 Å². The Morgan fingerprint density at radius 2 is 1.86 bits per heavy atom. The van der Waals surface area contributed by atoms with Crippen LogP contribution in [0.2, 0.25) is 0 Å². The Balaban J connectivity index is 0.000000451. The number of para-hydroxylation sites is 1. The predicted octanol–water partition coefficient (Wildman–Crippen LogP) is 5.18. The van der Waals surface area contributed by atoms with Crippen molar-refractivity contribution in [2.45, 2.75) is 58.7 Å². The number of rotatable bonds is 6. The summed E-state index contributed by atoms with van der Waals surface area (Å²) < 4.78 is 12.1. The Hall–Kier alpha value is -3.66. The molecular formula is C33H42N6O3. The minimum absolute atomic E-state index is 0.318. The first kappa shape index (κ1) is 29.8. The maximum Gasteiger partial charge on any atom is 0.293 e. The van der Waals surface area contributed by atoms with Gasteiger partial charge in [-0.3, -0.25) is 19.4 Å². The zero-order valence-corrected chi connectivity index (χ0v) is 25.2. The average molecular weight is 571 g/mol. The third-order valence-electron chi connectivity index (χ3n) is 7.71. The Morgan fingerprint density at radius 3 is 2.55 bits per heavy atom. The molecule has 6 rings (SSSR count). The van der Waals surface area contributed by atoms with Crippen LogP contribution >= 0.6 is 0 Å². The summed E-state index contributed by atoms with van der Waals surface area (Å²) in [7, 11) is 0. The van der Waals surface area contributed by atoms with E-state index in [0.717, 1.165) is 86.6 Å². The fourth-order valence-corrected chi connectivity index (χ4v) is 5.33. The molecule has 2 fully saturated rings. The Bertz CT molecular complexity index is 1480. The van der Waals surface area contributed by atoms with Crippen LogP contribution in [-0.4, -0.2) is 76.1 Å². The third-order valence-corrected chi connectivity index (χ3v) is 7.71. The van der Waals surface area contributed by atoms with Crippen LogP contribution in [0.5, 0.6) is 0 Å². The third kappa shape index (κ3) is 7.59. The van der Waals surface area contributed by atoms with Gasteiger partial charge in [0, 0.05) is 37.0 Å². The molecule has 2 aliphatic heterocycles.